The van der Waals surface area contributed by atoms with Crippen molar-refractivity contribution in [1.82, 2.24) is 10.6 Å². The molecular formula is C14H19N3O2. The first-order chi connectivity index (χ1) is 9.20. The van der Waals surface area contributed by atoms with Crippen LogP contribution in [-0.2, 0) is 4.79 Å². The predicted octanol–water partition coefficient (Wildman–Crippen LogP) is 0.984. The van der Waals surface area contributed by atoms with Gasteiger partial charge in [0.1, 0.15) is 0 Å². The fraction of sp³-hybridized carbons (Fsp3) is 0.429. The third-order valence-corrected chi connectivity index (χ3v) is 3.35. The summed E-state index contributed by atoms with van der Waals surface area (Å²) >= 11 is 0. The second kappa shape index (κ2) is 6.33. The van der Waals surface area contributed by atoms with Crippen molar-refractivity contribution in [3.63, 3.8) is 0 Å². The van der Waals surface area contributed by atoms with Crippen LogP contribution in [0.4, 0.5) is 5.69 Å². The quantitative estimate of drug-likeness (QED) is 0.759. The number of benzene rings is 1. The summed E-state index contributed by atoms with van der Waals surface area (Å²) in [6.45, 7) is 1.79. The molecule has 0 spiro atoms. The van der Waals surface area contributed by atoms with Gasteiger partial charge in [-0.2, -0.15) is 0 Å². The van der Waals surface area contributed by atoms with E-state index in [0.29, 0.717) is 5.56 Å². The molecule has 1 aromatic rings. The summed E-state index contributed by atoms with van der Waals surface area (Å²) in [4.78, 5) is 23.4. The summed E-state index contributed by atoms with van der Waals surface area (Å²) in [6, 6.07) is 6.92. The molecule has 2 amide bonds. The minimum atomic E-state index is -0.128. The van der Waals surface area contributed by atoms with Crippen molar-refractivity contribution < 1.29 is 9.59 Å². The monoisotopic (exact) mass is 261 g/mol. The van der Waals surface area contributed by atoms with Gasteiger partial charge in [0.25, 0.3) is 5.91 Å². The van der Waals surface area contributed by atoms with Crippen LogP contribution >= 0.6 is 0 Å². The lowest BCUT2D eigenvalue weighted by Crippen LogP contribution is -2.34. The largest absolute Gasteiger partial charge is 0.355 e. The Kier molecular flexibility index (Phi) is 4.52. The maximum absolute atomic E-state index is 12.0. The van der Waals surface area contributed by atoms with Crippen LogP contribution in [0, 0.1) is 5.92 Å². The van der Waals surface area contributed by atoms with Crippen molar-refractivity contribution in [2.24, 2.45) is 5.92 Å². The molecule has 102 valence electrons. The number of carbonyl (C=O) groups excluding carboxylic acids is 2. The second-order valence-corrected chi connectivity index (χ2v) is 4.67. The Morgan fingerprint density at radius 1 is 1.16 bits per heavy atom. The molecule has 0 aromatic heterocycles. The molecule has 5 heteroatoms. The van der Waals surface area contributed by atoms with Crippen LogP contribution in [0.5, 0.6) is 0 Å². The summed E-state index contributed by atoms with van der Waals surface area (Å²) in [5.74, 6) is 0.0188. The third kappa shape index (κ3) is 3.54. The van der Waals surface area contributed by atoms with E-state index in [-0.39, 0.29) is 17.7 Å². The van der Waals surface area contributed by atoms with Crippen molar-refractivity contribution in [1.29, 1.82) is 0 Å². The van der Waals surface area contributed by atoms with Crippen LogP contribution in [0.2, 0.25) is 0 Å². The predicted molar refractivity (Wildman–Crippen MR) is 74.1 cm³/mol. The zero-order valence-electron chi connectivity index (χ0n) is 11.0. The maximum atomic E-state index is 12.0. The van der Waals surface area contributed by atoms with Crippen LogP contribution in [0.25, 0.3) is 0 Å². The van der Waals surface area contributed by atoms with Gasteiger partial charge < -0.3 is 16.0 Å². The number of piperidine rings is 1. The molecule has 1 saturated heterocycles. The van der Waals surface area contributed by atoms with Gasteiger partial charge in [0.05, 0.1) is 0 Å². The van der Waals surface area contributed by atoms with Crippen LogP contribution < -0.4 is 16.0 Å². The summed E-state index contributed by atoms with van der Waals surface area (Å²) < 4.78 is 0. The molecule has 3 N–H and O–H groups in total. The van der Waals surface area contributed by atoms with Gasteiger partial charge in [0.2, 0.25) is 5.91 Å². The molecule has 2 rings (SSSR count). The minimum Gasteiger partial charge on any atom is -0.355 e. The van der Waals surface area contributed by atoms with Gasteiger partial charge in [-0.25, -0.2) is 0 Å². The molecule has 0 saturated carbocycles. The average Bonchev–Trinajstić information content (AvgIpc) is 2.48. The lowest BCUT2D eigenvalue weighted by Gasteiger charge is -2.21. The first-order valence-corrected chi connectivity index (χ1v) is 6.54. The molecule has 5 nitrogen and oxygen atoms in total. The molecule has 1 fully saturated rings. The lowest BCUT2D eigenvalue weighted by atomic mass is 9.97. The van der Waals surface area contributed by atoms with Crippen molar-refractivity contribution in [3.8, 4) is 0 Å². The second-order valence-electron chi connectivity index (χ2n) is 4.67. The Hall–Kier alpha value is -1.88. The van der Waals surface area contributed by atoms with Crippen LogP contribution in [-0.4, -0.2) is 32.0 Å². The average molecular weight is 261 g/mol. The number of rotatable bonds is 3. The fourth-order valence-corrected chi connectivity index (χ4v) is 2.18. The minimum absolute atomic E-state index is 0.0641. The van der Waals surface area contributed by atoms with Gasteiger partial charge in [-0.15, -0.1) is 0 Å². The zero-order chi connectivity index (χ0) is 13.7. The topological polar surface area (TPSA) is 70.2 Å². The number of hydrogen-bond donors (Lipinski definition) is 3. The summed E-state index contributed by atoms with van der Waals surface area (Å²) in [6.07, 6.45) is 1.75. The Balaban J connectivity index is 1.95. The van der Waals surface area contributed by atoms with Crippen LogP contribution in [0.3, 0.4) is 0 Å². The van der Waals surface area contributed by atoms with Gasteiger partial charge in [-0.05, 0) is 50.2 Å². The standard InChI is InChI=1S/C14H19N3O2/c1-15-13(18)10-2-4-12(5-3-10)17-14(19)11-6-8-16-9-7-11/h2-5,11,16H,6-9H2,1H3,(H,15,18)(H,17,19). The fourth-order valence-electron chi connectivity index (χ4n) is 2.18. The van der Waals surface area contributed by atoms with Gasteiger partial charge in [0.15, 0.2) is 0 Å². The smallest absolute Gasteiger partial charge is 0.251 e. The Labute approximate surface area is 112 Å². The van der Waals surface area contributed by atoms with E-state index >= 15 is 0 Å². The molecule has 1 aromatic carbocycles. The Morgan fingerprint density at radius 3 is 2.37 bits per heavy atom. The van der Waals surface area contributed by atoms with Crippen molar-refractivity contribution >= 4 is 17.5 Å². The molecule has 0 bridgehead atoms. The van der Waals surface area contributed by atoms with E-state index < -0.39 is 0 Å². The van der Waals surface area contributed by atoms with E-state index in [9.17, 15) is 9.59 Å². The van der Waals surface area contributed by atoms with Crippen molar-refractivity contribution in [2.45, 2.75) is 12.8 Å². The maximum Gasteiger partial charge on any atom is 0.251 e. The van der Waals surface area contributed by atoms with E-state index in [1.807, 2.05) is 0 Å². The lowest BCUT2D eigenvalue weighted by molar-refractivity contribution is -0.120. The van der Waals surface area contributed by atoms with Gasteiger partial charge in [0, 0.05) is 24.2 Å². The number of amides is 2. The van der Waals surface area contributed by atoms with Gasteiger partial charge in [-0.1, -0.05) is 0 Å². The SMILES string of the molecule is CNC(=O)c1ccc(NC(=O)C2CCNCC2)cc1. The molecule has 0 unspecified atom stereocenters. The number of anilines is 1. The highest BCUT2D eigenvalue weighted by atomic mass is 16.2. The normalized spacial score (nSPS) is 15.8. The van der Waals surface area contributed by atoms with E-state index in [2.05, 4.69) is 16.0 Å². The molecule has 1 aliphatic heterocycles. The molecule has 1 heterocycles. The zero-order valence-corrected chi connectivity index (χ0v) is 11.0. The number of carbonyl (C=O) groups is 2. The van der Waals surface area contributed by atoms with Crippen molar-refractivity contribution in [2.75, 3.05) is 25.5 Å². The first-order valence-electron chi connectivity index (χ1n) is 6.54. The first kappa shape index (κ1) is 13.5. The number of hydrogen-bond acceptors (Lipinski definition) is 3. The third-order valence-electron chi connectivity index (χ3n) is 3.35. The Bertz CT molecular complexity index is 450. The molecule has 0 radical (unpaired) electrons. The van der Waals surface area contributed by atoms with E-state index in [1.54, 1.807) is 31.3 Å². The summed E-state index contributed by atoms with van der Waals surface area (Å²) in [5, 5.41) is 8.69. The van der Waals surface area contributed by atoms with Gasteiger partial charge in [-0.3, -0.25) is 9.59 Å². The molecule has 0 aliphatic carbocycles. The van der Waals surface area contributed by atoms with Gasteiger partial charge >= 0.3 is 0 Å². The highest BCUT2D eigenvalue weighted by Gasteiger charge is 2.20. The highest BCUT2D eigenvalue weighted by Crippen LogP contribution is 2.16. The molecular weight excluding hydrogens is 242 g/mol. The molecule has 0 atom stereocenters. The molecule has 1 aliphatic rings. The van der Waals surface area contributed by atoms with E-state index in [4.69, 9.17) is 0 Å². The van der Waals surface area contributed by atoms with E-state index in [0.717, 1.165) is 31.6 Å². The summed E-state index contributed by atoms with van der Waals surface area (Å²) in [7, 11) is 1.59. The Morgan fingerprint density at radius 2 is 1.79 bits per heavy atom. The van der Waals surface area contributed by atoms with Crippen LogP contribution in [0.1, 0.15) is 23.2 Å². The molecule has 19 heavy (non-hydrogen) atoms. The van der Waals surface area contributed by atoms with E-state index in [1.165, 1.54) is 0 Å². The highest BCUT2D eigenvalue weighted by molar-refractivity contribution is 5.96. The summed E-state index contributed by atoms with van der Waals surface area (Å²) in [5.41, 5.74) is 1.32. The van der Waals surface area contributed by atoms with Crippen molar-refractivity contribution in [3.05, 3.63) is 29.8 Å². The number of nitrogens with one attached hydrogen (secondary N) is 3. The van der Waals surface area contributed by atoms with Crippen LogP contribution in [0.15, 0.2) is 24.3 Å².